The fourth-order valence-corrected chi connectivity index (χ4v) is 0.965. The van der Waals surface area contributed by atoms with Crippen LogP contribution in [-0.4, -0.2) is 31.2 Å². The van der Waals surface area contributed by atoms with Gasteiger partial charge in [-0.3, -0.25) is 5.10 Å². The van der Waals surface area contributed by atoms with Crippen molar-refractivity contribution < 1.29 is 9.90 Å². The zero-order valence-electron chi connectivity index (χ0n) is 6.48. The number of hydrogen-bond donors (Lipinski definition) is 3. The molecule has 0 unspecified atom stereocenters. The molecular weight excluding hydrogens is 172 g/mol. The molecule has 0 bridgehead atoms. The SMILES string of the molecule is O=C(O)c1cc(-c2cnc[nH]2)n[nH]1. The van der Waals surface area contributed by atoms with Gasteiger partial charge in [-0.1, -0.05) is 0 Å². The summed E-state index contributed by atoms with van der Waals surface area (Å²) in [6.45, 7) is 0. The van der Waals surface area contributed by atoms with Gasteiger partial charge in [-0.15, -0.1) is 0 Å². The van der Waals surface area contributed by atoms with Crippen LogP contribution in [0.15, 0.2) is 18.6 Å². The van der Waals surface area contributed by atoms with Gasteiger partial charge in [0.2, 0.25) is 0 Å². The predicted molar refractivity (Wildman–Crippen MR) is 43.1 cm³/mol. The number of carbonyl (C=O) groups is 1. The van der Waals surface area contributed by atoms with E-state index in [1.165, 1.54) is 12.4 Å². The highest BCUT2D eigenvalue weighted by molar-refractivity contribution is 5.86. The average molecular weight is 178 g/mol. The van der Waals surface area contributed by atoms with Gasteiger partial charge in [-0.25, -0.2) is 9.78 Å². The summed E-state index contributed by atoms with van der Waals surface area (Å²) in [5.41, 5.74) is 1.28. The Kier molecular flexibility index (Phi) is 1.59. The first-order valence-electron chi connectivity index (χ1n) is 3.55. The van der Waals surface area contributed by atoms with Crippen molar-refractivity contribution in [2.24, 2.45) is 0 Å². The molecule has 6 nitrogen and oxygen atoms in total. The van der Waals surface area contributed by atoms with Crippen LogP contribution in [0.1, 0.15) is 10.5 Å². The zero-order valence-corrected chi connectivity index (χ0v) is 6.48. The van der Waals surface area contributed by atoms with Crippen molar-refractivity contribution in [2.75, 3.05) is 0 Å². The van der Waals surface area contributed by atoms with Crippen molar-refractivity contribution in [1.29, 1.82) is 0 Å². The summed E-state index contributed by atoms with van der Waals surface area (Å²) in [5, 5.41) is 14.8. The van der Waals surface area contributed by atoms with E-state index in [1.807, 2.05) is 0 Å². The summed E-state index contributed by atoms with van der Waals surface area (Å²) < 4.78 is 0. The van der Waals surface area contributed by atoms with Gasteiger partial charge in [0.05, 0.1) is 18.2 Å². The number of carboxylic acid groups (broad SMARTS) is 1. The van der Waals surface area contributed by atoms with Crippen LogP contribution in [0.2, 0.25) is 0 Å². The molecule has 0 amide bonds. The van der Waals surface area contributed by atoms with Gasteiger partial charge < -0.3 is 10.1 Å². The van der Waals surface area contributed by atoms with Gasteiger partial charge in [0.25, 0.3) is 0 Å². The first-order valence-corrected chi connectivity index (χ1v) is 3.55. The van der Waals surface area contributed by atoms with Crippen LogP contribution in [0, 0.1) is 0 Å². The number of imidazole rings is 1. The fourth-order valence-electron chi connectivity index (χ4n) is 0.965. The lowest BCUT2D eigenvalue weighted by Crippen LogP contribution is -1.95. The number of H-pyrrole nitrogens is 2. The molecule has 0 radical (unpaired) electrons. The molecule has 0 aliphatic heterocycles. The molecule has 2 aromatic heterocycles. The third-order valence-electron chi connectivity index (χ3n) is 1.58. The number of aromatic nitrogens is 4. The maximum Gasteiger partial charge on any atom is 0.353 e. The van der Waals surface area contributed by atoms with Crippen LogP contribution in [-0.2, 0) is 0 Å². The Labute approximate surface area is 72.6 Å². The molecule has 2 heterocycles. The minimum Gasteiger partial charge on any atom is -0.477 e. The molecular formula is C7H6N4O2. The molecule has 2 aromatic rings. The molecule has 0 saturated heterocycles. The van der Waals surface area contributed by atoms with E-state index in [1.54, 1.807) is 6.20 Å². The molecule has 0 spiro atoms. The molecule has 13 heavy (non-hydrogen) atoms. The molecule has 2 rings (SSSR count). The number of carboxylic acids is 1. The number of rotatable bonds is 2. The summed E-state index contributed by atoms with van der Waals surface area (Å²) in [6, 6.07) is 1.44. The van der Waals surface area contributed by atoms with Crippen LogP contribution in [0.5, 0.6) is 0 Å². The topological polar surface area (TPSA) is 94.7 Å². The second-order valence-electron chi connectivity index (χ2n) is 2.44. The molecule has 0 fully saturated rings. The molecule has 3 N–H and O–H groups in total. The molecule has 0 saturated carbocycles. The second-order valence-corrected chi connectivity index (χ2v) is 2.44. The Balaban J connectivity index is 2.39. The summed E-state index contributed by atoms with van der Waals surface area (Å²) >= 11 is 0. The van der Waals surface area contributed by atoms with Crippen LogP contribution in [0.4, 0.5) is 0 Å². The first-order chi connectivity index (χ1) is 6.27. The lowest BCUT2D eigenvalue weighted by Gasteiger charge is -1.84. The van der Waals surface area contributed by atoms with Gasteiger partial charge in [0.15, 0.2) is 0 Å². The highest BCUT2D eigenvalue weighted by Gasteiger charge is 2.09. The van der Waals surface area contributed by atoms with Crippen molar-refractivity contribution in [3.8, 4) is 11.4 Å². The van der Waals surface area contributed by atoms with E-state index in [9.17, 15) is 4.79 Å². The molecule has 66 valence electrons. The normalized spacial score (nSPS) is 10.2. The number of nitrogens with one attached hydrogen (secondary N) is 2. The Morgan fingerprint density at radius 3 is 2.92 bits per heavy atom. The standard InChI is InChI=1S/C7H6N4O2/c12-7(13)5-1-4(10-11-5)6-2-8-3-9-6/h1-3H,(H,8,9)(H,10,11)(H,12,13). The van der Waals surface area contributed by atoms with Crippen molar-refractivity contribution in [1.82, 2.24) is 20.2 Å². The van der Waals surface area contributed by atoms with E-state index in [2.05, 4.69) is 20.2 Å². The zero-order chi connectivity index (χ0) is 9.26. The van der Waals surface area contributed by atoms with Gasteiger partial charge in [-0.05, 0) is 0 Å². The summed E-state index contributed by atoms with van der Waals surface area (Å²) in [7, 11) is 0. The molecule has 0 atom stereocenters. The lowest BCUT2D eigenvalue weighted by atomic mass is 10.3. The Morgan fingerprint density at radius 2 is 2.38 bits per heavy atom. The van der Waals surface area contributed by atoms with Gasteiger partial charge in [0, 0.05) is 6.07 Å². The van der Waals surface area contributed by atoms with Gasteiger partial charge in [0.1, 0.15) is 11.4 Å². The Hall–Kier alpha value is -2.11. The lowest BCUT2D eigenvalue weighted by molar-refractivity contribution is 0.0690. The van der Waals surface area contributed by atoms with Gasteiger partial charge >= 0.3 is 5.97 Å². The minimum atomic E-state index is -1.03. The first kappa shape index (κ1) is 7.53. The molecule has 0 aromatic carbocycles. The summed E-state index contributed by atoms with van der Waals surface area (Å²) in [4.78, 5) is 17.1. The molecule has 6 heteroatoms. The molecule has 0 aliphatic rings. The third kappa shape index (κ3) is 1.28. The van der Waals surface area contributed by atoms with Crippen molar-refractivity contribution in [2.45, 2.75) is 0 Å². The summed E-state index contributed by atoms with van der Waals surface area (Å²) in [5.74, 6) is -1.03. The third-order valence-corrected chi connectivity index (χ3v) is 1.58. The van der Waals surface area contributed by atoms with E-state index >= 15 is 0 Å². The van der Waals surface area contributed by atoms with E-state index in [-0.39, 0.29) is 5.69 Å². The maximum atomic E-state index is 10.5. The van der Waals surface area contributed by atoms with Crippen LogP contribution < -0.4 is 0 Å². The van der Waals surface area contributed by atoms with E-state index in [0.717, 1.165) is 0 Å². The average Bonchev–Trinajstić information content (AvgIpc) is 2.75. The quantitative estimate of drug-likeness (QED) is 0.623. The Morgan fingerprint density at radius 1 is 1.54 bits per heavy atom. The highest BCUT2D eigenvalue weighted by atomic mass is 16.4. The summed E-state index contributed by atoms with van der Waals surface area (Å²) in [6.07, 6.45) is 3.08. The van der Waals surface area contributed by atoms with E-state index < -0.39 is 5.97 Å². The number of aromatic amines is 2. The Bertz CT molecular complexity index is 417. The van der Waals surface area contributed by atoms with Crippen molar-refractivity contribution in [3.05, 3.63) is 24.3 Å². The smallest absolute Gasteiger partial charge is 0.353 e. The van der Waals surface area contributed by atoms with Crippen LogP contribution >= 0.6 is 0 Å². The number of nitrogens with zero attached hydrogens (tertiary/aromatic N) is 2. The minimum absolute atomic E-state index is 0.0598. The van der Waals surface area contributed by atoms with Crippen molar-refractivity contribution >= 4 is 5.97 Å². The fraction of sp³-hybridized carbons (Fsp3) is 0. The number of aromatic carboxylic acids is 1. The number of hydrogen-bond acceptors (Lipinski definition) is 3. The maximum absolute atomic E-state index is 10.5. The van der Waals surface area contributed by atoms with Gasteiger partial charge in [-0.2, -0.15) is 5.10 Å². The van der Waals surface area contributed by atoms with Crippen LogP contribution in [0.3, 0.4) is 0 Å². The predicted octanol–water partition coefficient (Wildman–Crippen LogP) is 0.498. The largest absolute Gasteiger partial charge is 0.477 e. The van der Waals surface area contributed by atoms with Crippen molar-refractivity contribution in [3.63, 3.8) is 0 Å². The second kappa shape index (κ2) is 2.74. The molecule has 0 aliphatic carbocycles. The van der Waals surface area contributed by atoms with Crippen LogP contribution in [0.25, 0.3) is 11.4 Å². The van der Waals surface area contributed by atoms with E-state index in [0.29, 0.717) is 11.4 Å². The highest BCUT2D eigenvalue weighted by Crippen LogP contribution is 2.13. The monoisotopic (exact) mass is 178 g/mol. The van der Waals surface area contributed by atoms with E-state index in [4.69, 9.17) is 5.11 Å².